The zero-order valence-corrected chi connectivity index (χ0v) is 17.4. The normalized spacial score (nSPS) is 14.3. The molecule has 0 spiro atoms. The molecule has 140 valence electrons. The number of benzene rings is 2. The fraction of sp³-hybridized carbons (Fsp3) is 0.458. The van der Waals surface area contributed by atoms with Crippen molar-refractivity contribution >= 4 is 5.84 Å². The minimum absolute atomic E-state index is 0.186. The van der Waals surface area contributed by atoms with Gasteiger partial charge in [-0.3, -0.25) is 9.48 Å². The van der Waals surface area contributed by atoms with E-state index in [2.05, 4.69) is 91.9 Å². The molecule has 2 aromatic carbocycles. The van der Waals surface area contributed by atoms with Crippen LogP contribution in [0.4, 0.5) is 0 Å². The molecule has 0 N–H and O–H groups in total. The van der Waals surface area contributed by atoms with Crippen LogP contribution in [-0.2, 0) is 12.0 Å². The topological polar surface area (TPSA) is 6.25 Å². The molecule has 1 aliphatic heterocycles. The Hall–Kier alpha value is -2.09. The fourth-order valence-corrected chi connectivity index (χ4v) is 3.52. The van der Waals surface area contributed by atoms with Crippen molar-refractivity contribution in [2.75, 3.05) is 20.1 Å². The van der Waals surface area contributed by atoms with Crippen molar-refractivity contribution < 1.29 is 4.58 Å². The first kappa shape index (κ1) is 20.2. The molecule has 2 aromatic rings. The van der Waals surface area contributed by atoms with Gasteiger partial charge in [0.2, 0.25) is 0 Å². The molecule has 0 aromatic heterocycles. The van der Waals surface area contributed by atoms with E-state index in [0.717, 1.165) is 26.1 Å². The molecule has 1 heterocycles. The van der Waals surface area contributed by atoms with E-state index >= 15 is 0 Å². The Morgan fingerprint density at radius 1 is 0.962 bits per heavy atom. The van der Waals surface area contributed by atoms with Gasteiger partial charge in [0.15, 0.2) is 0 Å². The molecule has 2 nitrogen and oxygen atoms in total. The second-order valence-corrected chi connectivity index (χ2v) is 7.44. The minimum atomic E-state index is 0.186. The quantitative estimate of drug-likeness (QED) is 0.662. The predicted octanol–water partition coefficient (Wildman–Crippen LogP) is 5.31. The lowest BCUT2D eigenvalue weighted by atomic mass is 9.79. The highest BCUT2D eigenvalue weighted by molar-refractivity contribution is 5.97. The third-order valence-corrected chi connectivity index (χ3v) is 5.36. The first-order valence-corrected chi connectivity index (χ1v) is 10.00. The fourth-order valence-electron chi connectivity index (χ4n) is 3.52. The highest BCUT2D eigenvalue weighted by atomic mass is 15.3. The van der Waals surface area contributed by atoms with Gasteiger partial charge in [0.25, 0.3) is 5.84 Å². The molecule has 3 rings (SSSR count). The maximum atomic E-state index is 2.53. The highest BCUT2D eigenvalue weighted by Gasteiger charge is 2.34. The summed E-state index contributed by atoms with van der Waals surface area (Å²) in [5.41, 5.74) is 4.40. The Morgan fingerprint density at radius 2 is 1.58 bits per heavy atom. The van der Waals surface area contributed by atoms with Gasteiger partial charge in [-0.05, 0) is 29.0 Å². The van der Waals surface area contributed by atoms with Crippen molar-refractivity contribution in [3.8, 4) is 0 Å². The van der Waals surface area contributed by atoms with Gasteiger partial charge in [0, 0.05) is 0 Å². The van der Waals surface area contributed by atoms with Crippen LogP contribution in [0.2, 0.25) is 0 Å². The van der Waals surface area contributed by atoms with Crippen molar-refractivity contribution in [1.82, 2.24) is 4.90 Å². The summed E-state index contributed by atoms with van der Waals surface area (Å²) < 4.78 is 2.41. The second-order valence-electron chi connectivity index (χ2n) is 7.44. The van der Waals surface area contributed by atoms with E-state index in [1.807, 2.05) is 13.8 Å². The first-order valence-electron chi connectivity index (χ1n) is 10.00. The van der Waals surface area contributed by atoms with Crippen LogP contribution >= 0.6 is 0 Å². The molecule has 0 saturated heterocycles. The zero-order valence-electron chi connectivity index (χ0n) is 17.4. The Kier molecular flexibility index (Phi) is 7.02. The van der Waals surface area contributed by atoms with E-state index in [9.17, 15) is 0 Å². The largest absolute Gasteiger partial charge is 0.279 e. The highest BCUT2D eigenvalue weighted by Crippen LogP contribution is 2.31. The zero-order chi connectivity index (χ0) is 19.2. The molecule has 26 heavy (non-hydrogen) atoms. The molecular weight excluding hydrogens is 316 g/mol. The molecule has 0 atom stereocenters. The van der Waals surface area contributed by atoms with E-state index < -0.39 is 0 Å². The number of hydrogen-bond acceptors (Lipinski definition) is 1. The third kappa shape index (κ3) is 4.35. The molecule has 0 aliphatic carbocycles. The monoisotopic (exact) mass is 351 g/mol. The summed E-state index contributed by atoms with van der Waals surface area (Å²) in [5.74, 6) is 1.37. The van der Waals surface area contributed by atoms with Crippen LogP contribution < -0.4 is 0 Å². The van der Waals surface area contributed by atoms with E-state index in [1.54, 1.807) is 0 Å². The molecule has 2 heteroatoms. The molecule has 0 amide bonds. The number of nitrogens with zero attached hydrogens (tertiary/aromatic N) is 2. The van der Waals surface area contributed by atoms with Crippen molar-refractivity contribution in [2.45, 2.75) is 53.0 Å². The average molecular weight is 352 g/mol. The Labute approximate surface area is 160 Å². The second kappa shape index (κ2) is 9.02. The first-order chi connectivity index (χ1) is 12.5. The predicted molar refractivity (Wildman–Crippen MR) is 113 cm³/mol. The Morgan fingerprint density at radius 3 is 2.23 bits per heavy atom. The number of amidine groups is 1. The summed E-state index contributed by atoms with van der Waals surface area (Å²) in [6, 6.07) is 19.7. The molecule has 0 saturated carbocycles. The molecule has 0 bridgehead atoms. The lowest BCUT2D eigenvalue weighted by molar-refractivity contribution is -0.486. The van der Waals surface area contributed by atoms with Crippen molar-refractivity contribution in [2.24, 2.45) is 0 Å². The summed E-state index contributed by atoms with van der Waals surface area (Å²) in [7, 11) is 2.22. The summed E-state index contributed by atoms with van der Waals surface area (Å²) in [4.78, 5) is 2.53. The smallest absolute Gasteiger partial charge is 0.260 e. The molecular formula is C24H35N2+. The van der Waals surface area contributed by atoms with Crippen molar-refractivity contribution in [3.05, 3.63) is 71.3 Å². The van der Waals surface area contributed by atoms with Crippen molar-refractivity contribution in [1.29, 1.82) is 0 Å². The summed E-state index contributed by atoms with van der Waals surface area (Å²) >= 11 is 0. The van der Waals surface area contributed by atoms with Crippen molar-refractivity contribution in [3.63, 3.8) is 0 Å². The van der Waals surface area contributed by atoms with Crippen LogP contribution in [0, 0.1) is 0 Å². The van der Waals surface area contributed by atoms with E-state index in [1.165, 1.54) is 22.5 Å². The molecule has 0 unspecified atom stereocenters. The van der Waals surface area contributed by atoms with Gasteiger partial charge in [-0.15, -0.1) is 0 Å². The SMILES string of the molecule is CC.CCC(C)(C)c1ccccc1C1=[N+](C)CCN1Cc1ccccc1. The van der Waals surface area contributed by atoms with Crippen LogP contribution in [0.15, 0.2) is 54.6 Å². The van der Waals surface area contributed by atoms with Gasteiger partial charge < -0.3 is 0 Å². The summed E-state index contributed by atoms with van der Waals surface area (Å²) in [5, 5.41) is 0. The van der Waals surface area contributed by atoms with Gasteiger partial charge in [-0.2, -0.15) is 0 Å². The molecule has 0 radical (unpaired) electrons. The Balaban J connectivity index is 0.00000117. The lowest BCUT2D eigenvalue weighted by Gasteiger charge is -2.26. The van der Waals surface area contributed by atoms with Gasteiger partial charge in [-0.25, -0.2) is 0 Å². The average Bonchev–Trinajstić information content (AvgIpc) is 3.04. The molecule has 0 fully saturated rings. The van der Waals surface area contributed by atoms with Crippen LogP contribution in [0.5, 0.6) is 0 Å². The summed E-state index contributed by atoms with van der Waals surface area (Å²) in [6.45, 7) is 14.1. The summed E-state index contributed by atoms with van der Waals surface area (Å²) in [6.07, 6.45) is 1.14. The van der Waals surface area contributed by atoms with Crippen LogP contribution in [-0.4, -0.2) is 35.4 Å². The lowest BCUT2D eigenvalue weighted by Crippen LogP contribution is -2.32. The van der Waals surface area contributed by atoms with Crippen LogP contribution in [0.1, 0.15) is 57.7 Å². The molecule has 1 aliphatic rings. The van der Waals surface area contributed by atoms with Gasteiger partial charge in [0.1, 0.15) is 19.6 Å². The van der Waals surface area contributed by atoms with E-state index in [4.69, 9.17) is 0 Å². The number of rotatable bonds is 5. The standard InChI is InChI=1S/C22H29N2.C2H6/c1-5-22(2,3)20-14-10-9-13-19(20)21-23(4)15-16-24(21)17-18-11-7-6-8-12-18;1-2/h6-14H,5,15-17H2,1-4H3;1-2H3/q+1;. The van der Waals surface area contributed by atoms with Crippen LogP contribution in [0.25, 0.3) is 0 Å². The van der Waals surface area contributed by atoms with E-state index in [0.29, 0.717) is 0 Å². The van der Waals surface area contributed by atoms with E-state index in [-0.39, 0.29) is 5.41 Å². The Bertz CT molecular complexity index is 729. The van der Waals surface area contributed by atoms with Crippen LogP contribution in [0.3, 0.4) is 0 Å². The van der Waals surface area contributed by atoms with Gasteiger partial charge in [0.05, 0.1) is 12.6 Å². The number of hydrogen-bond donors (Lipinski definition) is 0. The minimum Gasteiger partial charge on any atom is -0.260 e. The van der Waals surface area contributed by atoms with Gasteiger partial charge >= 0.3 is 0 Å². The number of likely N-dealkylation sites (N-methyl/N-ethyl adjacent to an activating group) is 1. The maximum Gasteiger partial charge on any atom is 0.279 e. The third-order valence-electron chi connectivity index (χ3n) is 5.36. The van der Waals surface area contributed by atoms with Gasteiger partial charge in [-0.1, -0.05) is 83.1 Å². The maximum absolute atomic E-state index is 2.53.